The Hall–Kier alpha value is -3.09. The Morgan fingerprint density at radius 2 is 2.14 bits per heavy atom. The van der Waals surface area contributed by atoms with Crippen LogP contribution in [0, 0.1) is 11.9 Å². The molecule has 4 rings (SSSR count). The molecule has 1 aliphatic carbocycles. The lowest BCUT2D eigenvalue weighted by atomic mass is 10.1. The summed E-state index contributed by atoms with van der Waals surface area (Å²) in [7, 11) is 0. The molecule has 1 unspecified atom stereocenters. The first-order chi connectivity index (χ1) is 14.0. The Balaban J connectivity index is 1.41. The second kappa shape index (κ2) is 8.11. The number of hydrogen-bond donors (Lipinski definition) is 1. The van der Waals surface area contributed by atoms with Crippen LogP contribution in [0.4, 0.5) is 4.39 Å². The van der Waals surface area contributed by atoms with Crippen LogP contribution in [0.5, 0.6) is 11.6 Å². The predicted octanol–water partition coefficient (Wildman–Crippen LogP) is 4.53. The van der Waals surface area contributed by atoms with Crippen LogP contribution in [0.25, 0.3) is 11.0 Å². The predicted molar refractivity (Wildman–Crippen MR) is 105 cm³/mol. The average Bonchev–Trinajstić information content (AvgIpc) is 3.42. The first-order valence-corrected chi connectivity index (χ1v) is 9.69. The molecule has 0 saturated heterocycles. The van der Waals surface area contributed by atoms with Crippen LogP contribution in [0.15, 0.2) is 41.0 Å². The van der Waals surface area contributed by atoms with E-state index >= 15 is 0 Å². The lowest BCUT2D eigenvalue weighted by Crippen LogP contribution is -2.23. The van der Waals surface area contributed by atoms with E-state index in [4.69, 9.17) is 13.9 Å². The van der Waals surface area contributed by atoms with Crippen LogP contribution in [0.3, 0.4) is 0 Å². The number of halogens is 1. The van der Waals surface area contributed by atoms with Crippen LogP contribution in [-0.2, 0) is 11.4 Å². The monoisotopic (exact) mass is 398 g/mol. The summed E-state index contributed by atoms with van der Waals surface area (Å²) in [4.78, 5) is 15.1. The Morgan fingerprint density at radius 3 is 2.86 bits per heavy atom. The summed E-state index contributed by atoms with van der Waals surface area (Å²) in [5.41, 5.74) is 1.87. The normalized spacial score (nSPS) is 14.6. The molecule has 1 saturated carbocycles. The van der Waals surface area contributed by atoms with E-state index in [2.05, 4.69) is 10.3 Å². The second-order valence-corrected chi connectivity index (χ2v) is 7.41. The van der Waals surface area contributed by atoms with Crippen molar-refractivity contribution < 1.29 is 23.1 Å². The SMILES string of the molecule is CC(=O)NC(C)c1coc2cc(OCc3ccc(OCC4CC4)nc3F)ccc12. The van der Waals surface area contributed by atoms with Gasteiger partial charge in [-0.15, -0.1) is 0 Å². The molecule has 1 fully saturated rings. The van der Waals surface area contributed by atoms with Crippen molar-refractivity contribution >= 4 is 16.9 Å². The van der Waals surface area contributed by atoms with Gasteiger partial charge in [0, 0.05) is 35.6 Å². The van der Waals surface area contributed by atoms with Gasteiger partial charge in [-0.05, 0) is 43.9 Å². The van der Waals surface area contributed by atoms with E-state index in [0.717, 1.165) is 10.9 Å². The van der Waals surface area contributed by atoms with Crippen molar-refractivity contribution in [1.82, 2.24) is 10.3 Å². The Morgan fingerprint density at radius 1 is 1.31 bits per heavy atom. The quantitative estimate of drug-likeness (QED) is 0.564. The smallest absolute Gasteiger partial charge is 0.222 e. The van der Waals surface area contributed by atoms with Gasteiger partial charge in [0.25, 0.3) is 0 Å². The van der Waals surface area contributed by atoms with E-state index in [1.165, 1.54) is 19.8 Å². The number of aromatic nitrogens is 1. The van der Waals surface area contributed by atoms with E-state index in [-0.39, 0.29) is 18.6 Å². The van der Waals surface area contributed by atoms with Crippen molar-refractivity contribution in [2.45, 2.75) is 39.3 Å². The summed E-state index contributed by atoms with van der Waals surface area (Å²) in [6.45, 7) is 4.01. The number of ether oxygens (including phenoxy) is 2. The summed E-state index contributed by atoms with van der Waals surface area (Å²) < 4.78 is 31.0. The van der Waals surface area contributed by atoms with Gasteiger partial charge in [0.2, 0.25) is 17.7 Å². The number of rotatable bonds is 8. The van der Waals surface area contributed by atoms with Gasteiger partial charge >= 0.3 is 0 Å². The zero-order valence-corrected chi connectivity index (χ0v) is 16.4. The summed E-state index contributed by atoms with van der Waals surface area (Å²) in [5.74, 6) is 0.742. The summed E-state index contributed by atoms with van der Waals surface area (Å²) in [5, 5.41) is 3.73. The molecule has 1 atom stereocenters. The molecular weight excluding hydrogens is 375 g/mol. The van der Waals surface area contributed by atoms with Crippen LogP contribution in [0.2, 0.25) is 0 Å². The molecule has 3 aromatic rings. The maximum atomic E-state index is 14.2. The fourth-order valence-electron chi connectivity index (χ4n) is 3.12. The third-order valence-corrected chi connectivity index (χ3v) is 4.92. The second-order valence-electron chi connectivity index (χ2n) is 7.41. The largest absolute Gasteiger partial charge is 0.489 e. The number of fused-ring (bicyclic) bond motifs is 1. The van der Waals surface area contributed by atoms with E-state index in [9.17, 15) is 9.18 Å². The number of pyridine rings is 1. The maximum absolute atomic E-state index is 14.2. The average molecular weight is 398 g/mol. The van der Waals surface area contributed by atoms with Gasteiger partial charge in [-0.3, -0.25) is 4.79 Å². The highest BCUT2D eigenvalue weighted by molar-refractivity contribution is 5.83. The topological polar surface area (TPSA) is 73.6 Å². The van der Waals surface area contributed by atoms with Gasteiger partial charge in [0.05, 0.1) is 18.9 Å². The molecule has 0 radical (unpaired) electrons. The standard InChI is InChI=1S/C22H23FN2O4/c1-13(24-14(2)26)19-12-28-20-9-17(6-7-18(19)20)27-11-16-5-8-21(25-22(16)23)29-10-15-3-4-15/h5-9,12-13,15H,3-4,10-11H2,1-2H3,(H,24,26). The van der Waals surface area contributed by atoms with Crippen molar-refractivity contribution in [2.24, 2.45) is 5.92 Å². The molecule has 1 amide bonds. The third kappa shape index (κ3) is 4.67. The van der Waals surface area contributed by atoms with Crippen molar-refractivity contribution in [3.05, 3.63) is 53.7 Å². The van der Waals surface area contributed by atoms with Gasteiger partial charge < -0.3 is 19.2 Å². The van der Waals surface area contributed by atoms with E-state index < -0.39 is 5.95 Å². The number of amides is 1. The molecule has 6 nitrogen and oxygen atoms in total. The Labute approximate surface area is 168 Å². The van der Waals surface area contributed by atoms with E-state index in [1.54, 1.807) is 30.5 Å². The summed E-state index contributed by atoms with van der Waals surface area (Å²) in [6, 6.07) is 8.53. The molecule has 1 aliphatic rings. The number of hydrogen-bond acceptors (Lipinski definition) is 5. The van der Waals surface area contributed by atoms with E-state index in [0.29, 0.717) is 35.3 Å². The number of carbonyl (C=O) groups excluding carboxylic acids is 1. The number of nitrogens with zero attached hydrogens (tertiary/aromatic N) is 1. The van der Waals surface area contributed by atoms with Crippen molar-refractivity contribution in [3.63, 3.8) is 0 Å². The fourth-order valence-corrected chi connectivity index (χ4v) is 3.12. The minimum absolute atomic E-state index is 0.0447. The van der Waals surface area contributed by atoms with Crippen LogP contribution in [-0.4, -0.2) is 17.5 Å². The molecule has 0 spiro atoms. The van der Waals surface area contributed by atoms with Gasteiger partial charge in [-0.2, -0.15) is 9.37 Å². The maximum Gasteiger partial charge on any atom is 0.222 e. The summed E-state index contributed by atoms with van der Waals surface area (Å²) >= 11 is 0. The number of furan rings is 1. The van der Waals surface area contributed by atoms with Crippen LogP contribution >= 0.6 is 0 Å². The molecule has 0 aliphatic heterocycles. The third-order valence-electron chi connectivity index (χ3n) is 4.92. The Bertz CT molecular complexity index is 1030. The molecule has 1 aromatic carbocycles. The number of carbonyl (C=O) groups is 1. The minimum Gasteiger partial charge on any atom is -0.489 e. The zero-order chi connectivity index (χ0) is 20.4. The highest BCUT2D eigenvalue weighted by atomic mass is 19.1. The number of benzene rings is 1. The highest BCUT2D eigenvalue weighted by Crippen LogP contribution is 2.30. The highest BCUT2D eigenvalue weighted by Gasteiger charge is 2.22. The molecule has 2 aromatic heterocycles. The minimum atomic E-state index is -0.594. The molecule has 0 bridgehead atoms. The molecule has 7 heteroatoms. The van der Waals surface area contributed by atoms with Crippen molar-refractivity contribution in [3.8, 4) is 11.6 Å². The van der Waals surface area contributed by atoms with Gasteiger partial charge in [0.1, 0.15) is 17.9 Å². The first-order valence-electron chi connectivity index (χ1n) is 9.69. The van der Waals surface area contributed by atoms with Gasteiger partial charge in [0.15, 0.2) is 0 Å². The van der Waals surface area contributed by atoms with Crippen LogP contribution < -0.4 is 14.8 Å². The Kier molecular flexibility index (Phi) is 5.38. The molecule has 2 heterocycles. The first kappa shape index (κ1) is 19.2. The summed E-state index contributed by atoms with van der Waals surface area (Å²) in [6.07, 6.45) is 3.96. The molecule has 1 N–H and O–H groups in total. The molecular formula is C22H23FN2O4. The number of nitrogens with one attached hydrogen (secondary N) is 1. The van der Waals surface area contributed by atoms with Gasteiger partial charge in [-0.25, -0.2) is 0 Å². The van der Waals surface area contributed by atoms with E-state index in [1.807, 2.05) is 13.0 Å². The lowest BCUT2D eigenvalue weighted by Gasteiger charge is -2.11. The lowest BCUT2D eigenvalue weighted by molar-refractivity contribution is -0.119. The van der Waals surface area contributed by atoms with Crippen molar-refractivity contribution in [2.75, 3.05) is 6.61 Å². The molecule has 152 valence electrons. The van der Waals surface area contributed by atoms with Gasteiger partial charge in [-0.1, -0.05) is 0 Å². The fraction of sp³-hybridized carbons (Fsp3) is 0.364. The van der Waals surface area contributed by atoms with Crippen LogP contribution in [0.1, 0.15) is 43.9 Å². The zero-order valence-electron chi connectivity index (χ0n) is 16.4. The van der Waals surface area contributed by atoms with Crippen molar-refractivity contribution in [1.29, 1.82) is 0 Å². The molecule has 29 heavy (non-hydrogen) atoms.